The molecule has 2 amide bonds. The van der Waals surface area contributed by atoms with E-state index in [0.717, 1.165) is 17.7 Å². The van der Waals surface area contributed by atoms with Gasteiger partial charge in [-0.1, -0.05) is 26.0 Å². The first kappa shape index (κ1) is 26.1. The Bertz CT molecular complexity index is 922. The van der Waals surface area contributed by atoms with Gasteiger partial charge in [-0.3, -0.25) is 0 Å². The van der Waals surface area contributed by atoms with Gasteiger partial charge < -0.3 is 24.8 Å². The fourth-order valence-electron chi connectivity index (χ4n) is 3.12. The summed E-state index contributed by atoms with van der Waals surface area (Å²) < 4.78 is 37.5. The molecular weight excluding hydrogens is 434 g/mol. The van der Waals surface area contributed by atoms with E-state index in [1.807, 2.05) is 13.8 Å². The lowest BCUT2D eigenvalue weighted by Crippen LogP contribution is -2.40. The Morgan fingerprint density at radius 1 is 1.09 bits per heavy atom. The van der Waals surface area contributed by atoms with Gasteiger partial charge in [0.05, 0.1) is 6.54 Å². The van der Waals surface area contributed by atoms with E-state index in [9.17, 15) is 23.5 Å². The van der Waals surface area contributed by atoms with E-state index in [1.165, 1.54) is 6.07 Å². The third kappa shape index (κ3) is 8.69. The number of carbonyl (C=O) groups is 2. The molecule has 0 fully saturated rings. The van der Waals surface area contributed by atoms with Gasteiger partial charge in [0.25, 0.3) is 0 Å². The van der Waals surface area contributed by atoms with Gasteiger partial charge in [0.15, 0.2) is 17.7 Å². The molecule has 0 aromatic heterocycles. The number of benzene rings is 2. The summed E-state index contributed by atoms with van der Waals surface area (Å²) in [5.74, 6) is -2.27. The van der Waals surface area contributed by atoms with Gasteiger partial charge in [0.2, 0.25) is 0 Å². The zero-order valence-corrected chi connectivity index (χ0v) is 19.0. The number of hydrogen-bond donors (Lipinski definition) is 2. The second kappa shape index (κ2) is 12.7. The van der Waals surface area contributed by atoms with Crippen LogP contribution in [0.5, 0.6) is 5.75 Å². The highest BCUT2D eigenvalue weighted by molar-refractivity contribution is 5.89. The Kier molecular flexibility index (Phi) is 10.1. The van der Waals surface area contributed by atoms with Crippen molar-refractivity contribution >= 4 is 17.7 Å². The van der Waals surface area contributed by atoms with Crippen LogP contribution in [0.1, 0.15) is 26.3 Å². The predicted octanol–water partition coefficient (Wildman–Crippen LogP) is 4.57. The minimum Gasteiger partial charge on any atom is -0.492 e. The first-order valence-electron chi connectivity index (χ1n) is 10.8. The Morgan fingerprint density at radius 2 is 1.79 bits per heavy atom. The van der Waals surface area contributed by atoms with E-state index in [2.05, 4.69) is 5.32 Å². The molecule has 180 valence electrons. The van der Waals surface area contributed by atoms with Gasteiger partial charge >= 0.3 is 12.0 Å². The minimum absolute atomic E-state index is 0.163. The second-order valence-electron chi connectivity index (χ2n) is 7.88. The van der Waals surface area contributed by atoms with Crippen molar-refractivity contribution in [3.05, 3.63) is 59.7 Å². The molecule has 2 aromatic carbocycles. The van der Waals surface area contributed by atoms with Crippen molar-refractivity contribution in [2.75, 3.05) is 31.6 Å². The molecule has 0 aliphatic carbocycles. The standard InChI is InChI=1S/C24H30F2N2O5/c1-4-32-22(23(29)30)13-17-5-8-19(9-6-17)33-12-11-28(15-16(2)3)24(31)27-18-7-10-20(25)21(26)14-18/h5-10,14,16,22H,4,11-13,15H2,1-3H3,(H,27,31)(H,29,30). The summed E-state index contributed by atoms with van der Waals surface area (Å²) in [6, 6.07) is 9.74. The number of hydrogen-bond acceptors (Lipinski definition) is 4. The van der Waals surface area contributed by atoms with Crippen LogP contribution in [0.4, 0.5) is 19.3 Å². The van der Waals surface area contributed by atoms with E-state index in [4.69, 9.17) is 9.47 Å². The van der Waals surface area contributed by atoms with Crippen LogP contribution in [0.25, 0.3) is 0 Å². The van der Waals surface area contributed by atoms with Gasteiger partial charge in [-0.15, -0.1) is 0 Å². The van der Waals surface area contributed by atoms with Crippen LogP contribution in [0.15, 0.2) is 42.5 Å². The summed E-state index contributed by atoms with van der Waals surface area (Å²) in [6.45, 7) is 6.93. The molecular formula is C24H30F2N2O5. The van der Waals surface area contributed by atoms with Gasteiger partial charge in [0, 0.05) is 31.3 Å². The largest absolute Gasteiger partial charge is 0.492 e. The van der Waals surface area contributed by atoms with Crippen LogP contribution >= 0.6 is 0 Å². The summed E-state index contributed by atoms with van der Waals surface area (Å²) in [6.07, 6.45) is -0.657. The molecule has 33 heavy (non-hydrogen) atoms. The second-order valence-corrected chi connectivity index (χ2v) is 7.88. The van der Waals surface area contributed by atoms with E-state index in [-0.39, 0.29) is 31.2 Å². The Balaban J connectivity index is 1.91. The topological polar surface area (TPSA) is 88.1 Å². The number of carboxylic acid groups (broad SMARTS) is 1. The normalized spacial score (nSPS) is 11.8. The number of ether oxygens (including phenoxy) is 2. The van der Waals surface area contributed by atoms with Crippen LogP contribution in [0.3, 0.4) is 0 Å². The number of carbonyl (C=O) groups excluding carboxylic acids is 1. The molecule has 1 unspecified atom stereocenters. The molecule has 0 aliphatic heterocycles. The van der Waals surface area contributed by atoms with Crippen molar-refractivity contribution in [2.24, 2.45) is 5.92 Å². The van der Waals surface area contributed by atoms with Gasteiger partial charge in [-0.2, -0.15) is 0 Å². The highest BCUT2D eigenvalue weighted by Crippen LogP contribution is 2.16. The summed E-state index contributed by atoms with van der Waals surface area (Å²) in [4.78, 5) is 25.4. The number of halogens is 2. The lowest BCUT2D eigenvalue weighted by Gasteiger charge is -2.25. The first-order chi connectivity index (χ1) is 15.7. The van der Waals surface area contributed by atoms with Crippen molar-refractivity contribution in [3.63, 3.8) is 0 Å². The van der Waals surface area contributed by atoms with Gasteiger partial charge in [-0.25, -0.2) is 18.4 Å². The molecule has 0 saturated carbocycles. The van der Waals surface area contributed by atoms with Crippen LogP contribution < -0.4 is 10.1 Å². The highest BCUT2D eigenvalue weighted by Gasteiger charge is 2.18. The number of urea groups is 1. The molecule has 0 heterocycles. The van der Waals surface area contributed by atoms with Crippen molar-refractivity contribution in [1.82, 2.24) is 4.90 Å². The highest BCUT2D eigenvalue weighted by atomic mass is 19.2. The molecule has 2 aromatic rings. The Hall–Kier alpha value is -3.20. The molecule has 0 bridgehead atoms. The molecule has 0 spiro atoms. The smallest absolute Gasteiger partial charge is 0.333 e. The minimum atomic E-state index is -1.04. The van der Waals surface area contributed by atoms with E-state index in [0.29, 0.717) is 18.9 Å². The van der Waals surface area contributed by atoms with Gasteiger partial charge in [0.1, 0.15) is 12.4 Å². The van der Waals surface area contributed by atoms with Crippen LogP contribution in [0, 0.1) is 17.6 Å². The quantitative estimate of drug-likeness (QED) is 0.481. The maximum absolute atomic E-state index is 13.4. The zero-order chi connectivity index (χ0) is 24.4. The lowest BCUT2D eigenvalue weighted by atomic mass is 10.1. The number of amides is 2. The van der Waals surface area contributed by atoms with Crippen molar-refractivity contribution < 1.29 is 33.0 Å². The number of rotatable bonds is 12. The molecule has 2 N–H and O–H groups in total. The maximum Gasteiger partial charge on any atom is 0.333 e. The van der Waals surface area contributed by atoms with Crippen molar-refractivity contribution in [2.45, 2.75) is 33.3 Å². The monoisotopic (exact) mass is 464 g/mol. The Labute approximate surface area is 192 Å². The van der Waals surface area contributed by atoms with Crippen LogP contribution in [-0.2, 0) is 16.0 Å². The van der Waals surface area contributed by atoms with E-state index in [1.54, 1.807) is 36.1 Å². The van der Waals surface area contributed by atoms with Crippen molar-refractivity contribution in [1.29, 1.82) is 0 Å². The number of nitrogens with one attached hydrogen (secondary N) is 1. The molecule has 0 saturated heterocycles. The summed E-state index contributed by atoms with van der Waals surface area (Å²) in [5, 5.41) is 11.8. The Morgan fingerprint density at radius 3 is 2.36 bits per heavy atom. The third-order valence-electron chi connectivity index (χ3n) is 4.66. The predicted molar refractivity (Wildman–Crippen MR) is 120 cm³/mol. The molecule has 0 aliphatic rings. The molecule has 7 nitrogen and oxygen atoms in total. The SMILES string of the molecule is CCOC(Cc1ccc(OCCN(CC(C)C)C(=O)Nc2ccc(F)c(F)c2)cc1)C(=O)O. The fourth-order valence-corrected chi connectivity index (χ4v) is 3.12. The number of aliphatic carboxylic acids is 1. The zero-order valence-electron chi connectivity index (χ0n) is 19.0. The average molecular weight is 465 g/mol. The average Bonchev–Trinajstić information content (AvgIpc) is 2.76. The number of carboxylic acids is 1. The molecule has 9 heteroatoms. The fraction of sp³-hybridized carbons (Fsp3) is 0.417. The van der Waals surface area contributed by atoms with Crippen LogP contribution in [0.2, 0.25) is 0 Å². The maximum atomic E-state index is 13.4. The van der Waals surface area contributed by atoms with E-state index >= 15 is 0 Å². The molecule has 0 radical (unpaired) electrons. The molecule has 1 atom stereocenters. The van der Waals surface area contributed by atoms with Gasteiger partial charge in [-0.05, 0) is 42.7 Å². The lowest BCUT2D eigenvalue weighted by molar-refractivity contribution is -0.149. The van der Waals surface area contributed by atoms with E-state index < -0.39 is 29.7 Å². The number of nitrogens with zero attached hydrogens (tertiary/aromatic N) is 1. The third-order valence-corrected chi connectivity index (χ3v) is 4.66. The van der Waals surface area contributed by atoms with Crippen LogP contribution in [-0.4, -0.2) is 54.4 Å². The molecule has 2 rings (SSSR count). The summed E-state index contributed by atoms with van der Waals surface area (Å²) in [5.41, 5.74) is 0.964. The summed E-state index contributed by atoms with van der Waals surface area (Å²) >= 11 is 0. The van der Waals surface area contributed by atoms with Crippen molar-refractivity contribution in [3.8, 4) is 5.75 Å². The number of anilines is 1. The first-order valence-corrected chi connectivity index (χ1v) is 10.8. The summed E-state index contributed by atoms with van der Waals surface area (Å²) in [7, 11) is 0.